The van der Waals surface area contributed by atoms with E-state index >= 15 is 0 Å². The number of rotatable bonds is 16. The predicted molar refractivity (Wildman–Crippen MR) is 310 cm³/mol. The molecule has 78 heavy (non-hydrogen) atoms. The molecular weight excluding hydrogens is 981 g/mol. The fourth-order valence-corrected chi connectivity index (χ4v) is 8.99. The number of nitrogens with zero attached hydrogens (tertiary/aromatic N) is 6. The van der Waals surface area contributed by atoms with E-state index in [-0.39, 0.29) is 23.3 Å². The summed E-state index contributed by atoms with van der Waals surface area (Å²) in [5.74, 6) is -0.881. The molecule has 4 aromatic carbocycles. The molecule has 0 spiro atoms. The monoisotopic (exact) mass is 1050 g/mol. The van der Waals surface area contributed by atoms with E-state index in [1.165, 1.54) is 6.07 Å². The number of ether oxygens (including phenoxy) is 1. The lowest BCUT2D eigenvalue weighted by molar-refractivity contribution is 0.00689. The highest BCUT2D eigenvalue weighted by Gasteiger charge is 2.22. The zero-order valence-corrected chi connectivity index (χ0v) is 46.9. The van der Waals surface area contributed by atoms with Crippen molar-refractivity contribution in [3.63, 3.8) is 0 Å². The van der Waals surface area contributed by atoms with E-state index in [1.54, 1.807) is 42.9 Å². The van der Waals surface area contributed by atoms with Crippen LogP contribution in [-0.2, 0) is 44.5 Å². The van der Waals surface area contributed by atoms with E-state index in [0.29, 0.717) is 40.0 Å². The first kappa shape index (κ1) is 56.8. The van der Waals surface area contributed by atoms with Gasteiger partial charge in [-0.2, -0.15) is 0 Å². The Balaban J connectivity index is 0.000000227. The van der Waals surface area contributed by atoms with Gasteiger partial charge in [-0.3, -0.25) is 9.59 Å². The summed E-state index contributed by atoms with van der Waals surface area (Å²) in [6.07, 6.45) is 10.4. The van der Waals surface area contributed by atoms with Crippen LogP contribution in [0.15, 0.2) is 110 Å². The Bertz CT molecular complexity index is 3510. The second kappa shape index (κ2) is 24.4. The van der Waals surface area contributed by atoms with Crippen LogP contribution in [0.3, 0.4) is 0 Å². The van der Waals surface area contributed by atoms with Gasteiger partial charge < -0.3 is 40.2 Å². The van der Waals surface area contributed by atoms with Crippen molar-refractivity contribution >= 4 is 58.4 Å². The molecule has 0 aliphatic carbocycles. The Hall–Kier alpha value is -8.92. The van der Waals surface area contributed by atoms with Gasteiger partial charge in [-0.15, -0.1) is 0 Å². The highest BCUT2D eigenvalue weighted by molar-refractivity contribution is 6.06. The first-order chi connectivity index (χ1) is 37.1. The Labute approximate surface area is 456 Å². The zero-order valence-electron chi connectivity index (χ0n) is 46.9. The standard InChI is InChI=1S/C33H39N5O3.C29H31N5O3/c1-9-22-12-11-13-23(10-2)29(22)36-30(39)25-17-27(38(8)19-25)28-21(4)18-34-32(37-28)35-26-15-14-24(16-20(26)3)31(40)41-33(5,6)7;1-6-19-9-8-10-20(7-2)26(19)32-27(35)22-14-24(34(5)16-22)25-18(4)15-30-29(33-25)31-23-12-11-21(28(36)37)13-17(23)3/h11-19H,9-10H2,1-8H3,(H,36,39)(H,34,35,37);8-16H,6-7H2,1-5H3,(H,32,35)(H,36,37)(H,30,31,33). The molecular formula is C62H70N10O6. The molecule has 0 bridgehead atoms. The molecule has 5 N–H and O–H groups in total. The zero-order chi connectivity index (χ0) is 56.6. The van der Waals surface area contributed by atoms with Crippen LogP contribution in [0.4, 0.5) is 34.6 Å². The quantitative estimate of drug-likeness (QED) is 0.0573. The highest BCUT2D eigenvalue weighted by Crippen LogP contribution is 2.31. The number of anilines is 6. The fourth-order valence-electron chi connectivity index (χ4n) is 8.99. The molecule has 16 nitrogen and oxygen atoms in total. The molecule has 8 rings (SSSR count). The van der Waals surface area contributed by atoms with E-state index < -0.39 is 11.6 Å². The number of nitrogens with one attached hydrogen (secondary N) is 4. The smallest absolute Gasteiger partial charge is 0.338 e. The number of hydrogen-bond donors (Lipinski definition) is 5. The van der Waals surface area contributed by atoms with E-state index in [1.807, 2.05) is 120 Å². The van der Waals surface area contributed by atoms with Crippen LogP contribution in [0.1, 0.15) is 134 Å². The van der Waals surface area contributed by atoms with E-state index in [0.717, 1.165) is 104 Å². The number of carboxylic acids is 1. The lowest BCUT2D eigenvalue weighted by Gasteiger charge is -2.20. The second-order valence-corrected chi connectivity index (χ2v) is 20.2. The maximum absolute atomic E-state index is 13.3. The third-order valence-electron chi connectivity index (χ3n) is 13.3. The average Bonchev–Trinajstić information content (AvgIpc) is 4.08. The van der Waals surface area contributed by atoms with Gasteiger partial charge in [0.1, 0.15) is 5.60 Å². The summed E-state index contributed by atoms with van der Waals surface area (Å²) in [7, 11) is 3.78. The normalized spacial score (nSPS) is 11.1. The predicted octanol–water partition coefficient (Wildman–Crippen LogP) is 13.1. The number of carbonyl (C=O) groups is 4. The molecule has 0 atom stereocenters. The van der Waals surface area contributed by atoms with Crippen molar-refractivity contribution in [1.29, 1.82) is 0 Å². The lowest BCUT2D eigenvalue weighted by atomic mass is 10.0. The SMILES string of the molecule is CCc1cccc(CC)c1NC(=O)c1cc(-c2nc(Nc3ccc(C(=O)O)cc3C)ncc2C)n(C)c1.CCc1cccc(CC)c1NC(=O)c1cc(-c2nc(Nc3ccc(C(=O)OC(C)(C)C)cc3C)ncc2C)n(C)c1. The van der Waals surface area contributed by atoms with Gasteiger partial charge in [0.25, 0.3) is 11.8 Å². The molecule has 2 amide bonds. The van der Waals surface area contributed by atoms with Crippen LogP contribution < -0.4 is 21.3 Å². The summed E-state index contributed by atoms with van der Waals surface area (Å²) < 4.78 is 9.27. The number of carboxylic acid groups (broad SMARTS) is 1. The van der Waals surface area contributed by atoms with Crippen molar-refractivity contribution < 1.29 is 29.0 Å². The van der Waals surface area contributed by atoms with Gasteiger partial charge in [0.15, 0.2) is 0 Å². The third kappa shape index (κ3) is 13.4. The topological polar surface area (TPSA) is 207 Å². The number of hydrogen-bond acceptors (Lipinski definition) is 11. The minimum Gasteiger partial charge on any atom is -0.478 e. The first-order valence-electron chi connectivity index (χ1n) is 26.2. The van der Waals surface area contributed by atoms with Crippen molar-refractivity contribution in [2.24, 2.45) is 14.1 Å². The van der Waals surface area contributed by atoms with Crippen molar-refractivity contribution in [2.75, 3.05) is 21.3 Å². The summed E-state index contributed by atoms with van der Waals surface area (Å²) in [5.41, 5.74) is 15.3. The number of esters is 1. The molecule has 0 saturated heterocycles. The summed E-state index contributed by atoms with van der Waals surface area (Å²) in [5, 5.41) is 21.9. The van der Waals surface area contributed by atoms with Crippen molar-refractivity contribution in [3.8, 4) is 22.8 Å². The molecule has 0 aliphatic heterocycles. The van der Waals surface area contributed by atoms with Crippen LogP contribution in [0.25, 0.3) is 22.8 Å². The molecule has 16 heteroatoms. The van der Waals surface area contributed by atoms with Crippen LogP contribution in [-0.4, -0.2) is 63.5 Å². The Morgan fingerprint density at radius 3 is 1.28 bits per heavy atom. The Morgan fingerprint density at radius 2 is 0.923 bits per heavy atom. The van der Waals surface area contributed by atoms with Crippen LogP contribution in [0, 0.1) is 27.7 Å². The number of carbonyl (C=O) groups excluding carboxylic acids is 3. The van der Waals surface area contributed by atoms with Crippen LogP contribution in [0.5, 0.6) is 0 Å². The molecule has 4 aromatic heterocycles. The number of benzene rings is 4. The molecule has 0 fully saturated rings. The largest absolute Gasteiger partial charge is 0.478 e. The minimum absolute atomic E-state index is 0.159. The van der Waals surface area contributed by atoms with E-state index in [9.17, 15) is 24.3 Å². The summed E-state index contributed by atoms with van der Waals surface area (Å²) in [4.78, 5) is 68.6. The summed E-state index contributed by atoms with van der Waals surface area (Å²) in [6, 6.07) is 26.1. The van der Waals surface area contributed by atoms with Gasteiger partial charge in [-0.1, -0.05) is 64.1 Å². The Morgan fingerprint density at radius 1 is 0.538 bits per heavy atom. The number of para-hydroxylation sites is 2. The summed E-state index contributed by atoms with van der Waals surface area (Å²) in [6.45, 7) is 21.5. The van der Waals surface area contributed by atoms with Gasteiger partial charge in [0.05, 0.1) is 45.0 Å². The second-order valence-electron chi connectivity index (χ2n) is 20.2. The van der Waals surface area contributed by atoms with E-state index in [4.69, 9.17) is 14.7 Å². The van der Waals surface area contributed by atoms with Gasteiger partial charge in [-0.05, 0) is 167 Å². The molecule has 8 aromatic rings. The number of aromatic carboxylic acids is 1. The Kier molecular flexibility index (Phi) is 17.8. The molecule has 0 unspecified atom stereocenters. The number of aryl methyl sites for hydroxylation is 10. The first-order valence-corrected chi connectivity index (χ1v) is 26.2. The van der Waals surface area contributed by atoms with Crippen molar-refractivity contribution in [2.45, 2.75) is 107 Å². The molecule has 4 heterocycles. The molecule has 404 valence electrons. The third-order valence-corrected chi connectivity index (χ3v) is 13.3. The van der Waals surface area contributed by atoms with E-state index in [2.05, 4.69) is 71.1 Å². The lowest BCUT2D eigenvalue weighted by Crippen LogP contribution is -2.23. The molecule has 0 radical (unpaired) electrons. The van der Waals surface area contributed by atoms with Gasteiger partial charge >= 0.3 is 11.9 Å². The maximum Gasteiger partial charge on any atom is 0.338 e. The number of amides is 2. The van der Waals surface area contributed by atoms with Gasteiger partial charge in [0, 0.05) is 61.6 Å². The summed E-state index contributed by atoms with van der Waals surface area (Å²) >= 11 is 0. The number of aromatic nitrogens is 6. The average molecular weight is 1050 g/mol. The minimum atomic E-state index is -0.976. The highest BCUT2D eigenvalue weighted by atomic mass is 16.6. The van der Waals surface area contributed by atoms with Gasteiger partial charge in [0.2, 0.25) is 11.9 Å². The molecule has 0 aliphatic rings. The fraction of sp³-hybridized carbons (Fsp3) is 0.290. The maximum atomic E-state index is 13.3. The van der Waals surface area contributed by atoms with Gasteiger partial charge in [-0.25, -0.2) is 29.5 Å². The van der Waals surface area contributed by atoms with Crippen molar-refractivity contribution in [1.82, 2.24) is 29.1 Å². The van der Waals surface area contributed by atoms with Crippen molar-refractivity contribution in [3.05, 3.63) is 176 Å². The molecule has 0 saturated carbocycles. The van der Waals surface area contributed by atoms with Crippen LogP contribution >= 0.6 is 0 Å². The van der Waals surface area contributed by atoms with Crippen LogP contribution in [0.2, 0.25) is 0 Å².